The third-order valence-corrected chi connectivity index (χ3v) is 5.26. The number of carboxylic acids is 1. The minimum atomic E-state index is -1.45. The van der Waals surface area contributed by atoms with Gasteiger partial charge in [0.05, 0.1) is 5.39 Å². The minimum Gasteiger partial charge on any atom is -0.477 e. The largest absolute Gasteiger partial charge is 0.477 e. The molecule has 1 aromatic heterocycles. The van der Waals surface area contributed by atoms with Gasteiger partial charge in [0.2, 0.25) is 5.43 Å². The van der Waals surface area contributed by atoms with Crippen molar-refractivity contribution in [3.05, 3.63) is 39.7 Å². The van der Waals surface area contributed by atoms with Gasteiger partial charge in [-0.05, 0) is 12.5 Å². The number of halogens is 2. The monoisotopic (exact) mass is 364 g/mol. The molecular formula is C17H18F2N4O3. The van der Waals surface area contributed by atoms with E-state index in [1.165, 1.54) is 7.05 Å². The number of benzene rings is 1. The Kier molecular flexibility index (Phi) is 3.83. The van der Waals surface area contributed by atoms with Gasteiger partial charge in [0.1, 0.15) is 22.6 Å². The van der Waals surface area contributed by atoms with E-state index in [0.29, 0.717) is 6.54 Å². The van der Waals surface area contributed by atoms with Crippen LogP contribution < -0.4 is 15.8 Å². The van der Waals surface area contributed by atoms with E-state index in [4.69, 9.17) is 0 Å². The Morgan fingerprint density at radius 3 is 2.77 bits per heavy atom. The van der Waals surface area contributed by atoms with Crippen LogP contribution in [0.4, 0.5) is 14.5 Å². The summed E-state index contributed by atoms with van der Waals surface area (Å²) < 4.78 is 31.3. The molecule has 3 heterocycles. The standard InChI is InChI=1S/C17H18F2N4O3/c1-20-23-8-11(17(25)26)16(24)10-6-12(18)15(13(19)14(10)23)22-5-4-21-3-2-9(22)7-21/h6,8-9,20H,2-5,7H2,1H3,(H,25,26). The number of hydrogen-bond donors (Lipinski definition) is 2. The molecule has 2 atom stereocenters. The number of hydrogen-bond acceptors (Lipinski definition) is 5. The first-order chi connectivity index (χ1) is 12.4. The summed E-state index contributed by atoms with van der Waals surface area (Å²) in [6.07, 6.45) is 1.85. The number of nitrogens with zero attached hydrogens (tertiary/aromatic N) is 3. The SMILES string of the molecule is CNn1cc(C(=O)O)c(=O)c2cc(F)c(N3CCN4CCC3C4)c(F)c21. The van der Waals surface area contributed by atoms with Crippen molar-refractivity contribution in [2.24, 2.45) is 0 Å². The van der Waals surface area contributed by atoms with Crippen molar-refractivity contribution in [2.75, 3.05) is 43.6 Å². The molecule has 2 unspecified atom stereocenters. The van der Waals surface area contributed by atoms with E-state index in [0.717, 1.165) is 43.0 Å². The predicted octanol–water partition coefficient (Wildman–Crippen LogP) is 1.05. The van der Waals surface area contributed by atoms with Crippen molar-refractivity contribution in [1.82, 2.24) is 9.58 Å². The fraction of sp³-hybridized carbons (Fsp3) is 0.412. The summed E-state index contributed by atoms with van der Waals surface area (Å²) in [5, 5.41) is 8.87. The van der Waals surface area contributed by atoms with Crippen LogP contribution in [0.1, 0.15) is 16.8 Å². The highest BCUT2D eigenvalue weighted by Gasteiger charge is 2.36. The van der Waals surface area contributed by atoms with Gasteiger partial charge in [-0.1, -0.05) is 0 Å². The first-order valence-electron chi connectivity index (χ1n) is 8.39. The first-order valence-corrected chi connectivity index (χ1v) is 8.39. The van der Waals surface area contributed by atoms with Crippen molar-refractivity contribution in [3.63, 3.8) is 0 Å². The molecule has 4 rings (SSSR count). The Labute approximate surface area is 147 Å². The molecule has 2 N–H and O–H groups in total. The molecule has 0 amide bonds. The number of pyridine rings is 1. The van der Waals surface area contributed by atoms with Gasteiger partial charge >= 0.3 is 5.97 Å². The van der Waals surface area contributed by atoms with Crippen LogP contribution in [-0.2, 0) is 0 Å². The lowest BCUT2D eigenvalue weighted by molar-refractivity contribution is 0.0695. The Balaban J connectivity index is 1.98. The zero-order valence-electron chi connectivity index (χ0n) is 14.1. The van der Waals surface area contributed by atoms with Crippen molar-refractivity contribution < 1.29 is 18.7 Å². The predicted molar refractivity (Wildman–Crippen MR) is 92.6 cm³/mol. The first kappa shape index (κ1) is 16.8. The fourth-order valence-electron chi connectivity index (χ4n) is 3.99. The average molecular weight is 364 g/mol. The second-order valence-corrected chi connectivity index (χ2v) is 6.62. The summed E-state index contributed by atoms with van der Waals surface area (Å²) >= 11 is 0. The maximum atomic E-state index is 15.4. The molecule has 0 spiro atoms. The quantitative estimate of drug-likeness (QED) is 0.848. The van der Waals surface area contributed by atoms with Gasteiger partial charge in [-0.3, -0.25) is 14.4 Å². The molecule has 2 bridgehead atoms. The third kappa shape index (κ3) is 2.34. The highest BCUT2D eigenvalue weighted by atomic mass is 19.1. The van der Waals surface area contributed by atoms with Crippen LogP contribution in [0.25, 0.3) is 10.9 Å². The molecular weight excluding hydrogens is 346 g/mol. The van der Waals surface area contributed by atoms with Crippen molar-refractivity contribution in [2.45, 2.75) is 12.5 Å². The molecule has 138 valence electrons. The van der Waals surface area contributed by atoms with Crippen LogP contribution >= 0.6 is 0 Å². The second-order valence-electron chi connectivity index (χ2n) is 6.62. The second kappa shape index (κ2) is 5.94. The highest BCUT2D eigenvalue weighted by molar-refractivity contribution is 5.94. The normalized spacial score (nSPS) is 22.0. The fourth-order valence-corrected chi connectivity index (χ4v) is 3.99. The van der Waals surface area contributed by atoms with Gasteiger partial charge in [0.15, 0.2) is 5.82 Å². The van der Waals surface area contributed by atoms with E-state index in [9.17, 15) is 19.1 Å². The Morgan fingerprint density at radius 1 is 1.31 bits per heavy atom. The third-order valence-electron chi connectivity index (χ3n) is 5.26. The summed E-state index contributed by atoms with van der Waals surface area (Å²) in [5.74, 6) is -3.16. The molecule has 2 aromatic rings. The molecule has 2 saturated heterocycles. The Hall–Kier alpha value is -2.68. The summed E-state index contributed by atoms with van der Waals surface area (Å²) in [6, 6.07) is 0.968. The van der Waals surface area contributed by atoms with Crippen LogP contribution in [0.15, 0.2) is 17.1 Å². The van der Waals surface area contributed by atoms with Gasteiger partial charge < -0.3 is 15.4 Å². The highest BCUT2D eigenvalue weighted by Crippen LogP contribution is 2.34. The van der Waals surface area contributed by atoms with Gasteiger partial charge in [0.25, 0.3) is 0 Å². The van der Waals surface area contributed by atoms with Crippen LogP contribution in [0.2, 0.25) is 0 Å². The van der Waals surface area contributed by atoms with Gasteiger partial charge in [-0.2, -0.15) is 0 Å². The van der Waals surface area contributed by atoms with Crippen molar-refractivity contribution in [3.8, 4) is 0 Å². The summed E-state index contributed by atoms with van der Waals surface area (Å²) in [7, 11) is 1.47. The summed E-state index contributed by atoms with van der Waals surface area (Å²) in [5.41, 5.74) is 0.870. The van der Waals surface area contributed by atoms with Gasteiger partial charge in [0, 0.05) is 45.5 Å². The smallest absolute Gasteiger partial charge is 0.341 e. The molecule has 7 nitrogen and oxygen atoms in total. The average Bonchev–Trinajstić information content (AvgIpc) is 2.99. The molecule has 0 saturated carbocycles. The lowest BCUT2D eigenvalue weighted by Crippen LogP contribution is -2.47. The zero-order valence-corrected chi connectivity index (χ0v) is 14.1. The van der Waals surface area contributed by atoms with E-state index in [2.05, 4.69) is 10.3 Å². The van der Waals surface area contributed by atoms with E-state index >= 15 is 4.39 Å². The van der Waals surface area contributed by atoms with Crippen LogP contribution in [0.5, 0.6) is 0 Å². The number of anilines is 1. The molecule has 0 radical (unpaired) electrons. The van der Waals surface area contributed by atoms with Gasteiger partial charge in [-0.25, -0.2) is 13.6 Å². The zero-order chi connectivity index (χ0) is 18.6. The molecule has 26 heavy (non-hydrogen) atoms. The topological polar surface area (TPSA) is 77.8 Å². The molecule has 9 heteroatoms. The summed E-state index contributed by atoms with van der Waals surface area (Å²) in [6.45, 7) is 2.89. The number of fused-ring (bicyclic) bond motifs is 3. The van der Waals surface area contributed by atoms with Crippen LogP contribution in [0, 0.1) is 11.6 Å². The molecule has 2 aliphatic rings. The van der Waals surface area contributed by atoms with E-state index in [1.807, 2.05) is 0 Å². The number of aromatic nitrogens is 1. The van der Waals surface area contributed by atoms with E-state index in [1.54, 1.807) is 4.90 Å². The van der Waals surface area contributed by atoms with Crippen LogP contribution in [-0.4, -0.2) is 59.9 Å². The Bertz CT molecular complexity index is 975. The number of piperazine rings is 1. The maximum absolute atomic E-state index is 15.4. The maximum Gasteiger partial charge on any atom is 0.341 e. The van der Waals surface area contributed by atoms with E-state index < -0.39 is 28.6 Å². The van der Waals surface area contributed by atoms with Crippen molar-refractivity contribution in [1.29, 1.82) is 0 Å². The molecule has 1 aromatic carbocycles. The lowest BCUT2D eigenvalue weighted by Gasteiger charge is -2.36. The molecule has 0 aliphatic carbocycles. The Morgan fingerprint density at radius 2 is 2.08 bits per heavy atom. The lowest BCUT2D eigenvalue weighted by atomic mass is 10.1. The van der Waals surface area contributed by atoms with E-state index in [-0.39, 0.29) is 22.6 Å². The molecule has 2 fully saturated rings. The number of carbonyl (C=O) groups is 1. The number of aromatic carboxylic acids is 1. The number of rotatable bonds is 3. The van der Waals surface area contributed by atoms with Crippen molar-refractivity contribution >= 4 is 22.6 Å². The minimum absolute atomic E-state index is 0.0262. The van der Waals surface area contributed by atoms with Crippen LogP contribution in [0.3, 0.4) is 0 Å². The number of nitrogens with one attached hydrogen (secondary N) is 1. The molecule has 2 aliphatic heterocycles. The number of carboxylic acid groups (broad SMARTS) is 1. The summed E-state index contributed by atoms with van der Waals surface area (Å²) in [4.78, 5) is 27.6. The van der Waals surface area contributed by atoms with Gasteiger partial charge in [-0.15, -0.1) is 0 Å².